The van der Waals surface area contributed by atoms with Crippen LogP contribution in [0.1, 0.15) is 22.8 Å². The third-order valence-electron chi connectivity index (χ3n) is 3.70. The number of rotatable bonds is 2. The molecule has 2 aromatic carbocycles. The molecule has 0 spiro atoms. The minimum atomic E-state index is -0.370. The lowest BCUT2D eigenvalue weighted by molar-refractivity contribution is 0.208. The van der Waals surface area contributed by atoms with Gasteiger partial charge in [-0.25, -0.2) is 4.39 Å². The van der Waals surface area contributed by atoms with E-state index in [0.29, 0.717) is 6.54 Å². The van der Waals surface area contributed by atoms with Crippen LogP contribution < -0.4 is 14.8 Å². The van der Waals surface area contributed by atoms with Crippen molar-refractivity contribution < 1.29 is 13.9 Å². The Labute approximate surface area is 123 Å². The van der Waals surface area contributed by atoms with Crippen molar-refractivity contribution >= 4 is 5.69 Å². The van der Waals surface area contributed by atoms with Gasteiger partial charge < -0.3 is 14.8 Å². The molecule has 1 heterocycles. The highest BCUT2D eigenvalue weighted by Gasteiger charge is 2.23. The molecule has 1 aliphatic heterocycles. The van der Waals surface area contributed by atoms with Gasteiger partial charge in [0.05, 0.1) is 19.3 Å². The van der Waals surface area contributed by atoms with Crippen LogP contribution in [-0.4, -0.2) is 13.7 Å². The average molecular weight is 287 g/mol. The number of nitrogens with one attached hydrogen (secondary N) is 1. The smallest absolute Gasteiger partial charge is 0.165 e. The van der Waals surface area contributed by atoms with Crippen molar-refractivity contribution in [3.8, 4) is 11.5 Å². The fraction of sp³-hybridized carbons (Fsp3) is 0.294. The summed E-state index contributed by atoms with van der Waals surface area (Å²) >= 11 is 0. The van der Waals surface area contributed by atoms with Crippen LogP contribution in [0.15, 0.2) is 30.3 Å². The number of methoxy groups -OCH3 is 1. The van der Waals surface area contributed by atoms with E-state index in [1.54, 1.807) is 6.07 Å². The second-order valence-corrected chi connectivity index (χ2v) is 5.34. The van der Waals surface area contributed by atoms with Gasteiger partial charge in [-0.1, -0.05) is 12.1 Å². The lowest BCUT2D eigenvalue weighted by Gasteiger charge is -2.29. The number of hydrogen-bond donors (Lipinski definition) is 1. The van der Waals surface area contributed by atoms with Crippen LogP contribution in [0.2, 0.25) is 0 Å². The highest BCUT2D eigenvalue weighted by atomic mass is 19.1. The highest BCUT2D eigenvalue weighted by Crippen LogP contribution is 2.38. The number of aryl methyl sites for hydroxylation is 2. The van der Waals surface area contributed by atoms with E-state index in [1.807, 2.05) is 13.0 Å². The van der Waals surface area contributed by atoms with Crippen molar-refractivity contribution in [3.05, 3.63) is 52.8 Å². The van der Waals surface area contributed by atoms with E-state index in [2.05, 4.69) is 24.4 Å². The number of benzene rings is 2. The molecule has 0 amide bonds. The minimum absolute atomic E-state index is 0.209. The van der Waals surface area contributed by atoms with Gasteiger partial charge in [0.25, 0.3) is 0 Å². The van der Waals surface area contributed by atoms with E-state index in [4.69, 9.17) is 9.47 Å². The minimum Gasteiger partial charge on any atom is -0.494 e. The maximum Gasteiger partial charge on any atom is 0.165 e. The molecule has 0 aliphatic carbocycles. The first-order chi connectivity index (χ1) is 10.1. The summed E-state index contributed by atoms with van der Waals surface area (Å²) in [5, 5.41) is 3.36. The standard InChI is InChI=1S/C17H18FNO2/c1-10-6-11(2)17-14(7-10)19-9-16(21-17)12-4-5-15(20-3)13(18)8-12/h4-8,16,19H,9H2,1-3H3. The van der Waals surface area contributed by atoms with E-state index in [0.717, 1.165) is 22.6 Å². The van der Waals surface area contributed by atoms with Gasteiger partial charge in [-0.2, -0.15) is 0 Å². The first kappa shape index (κ1) is 13.7. The van der Waals surface area contributed by atoms with Gasteiger partial charge in [0.2, 0.25) is 0 Å². The summed E-state index contributed by atoms with van der Waals surface area (Å²) in [6.07, 6.45) is -0.209. The molecular weight excluding hydrogens is 269 g/mol. The van der Waals surface area contributed by atoms with E-state index in [-0.39, 0.29) is 17.7 Å². The zero-order chi connectivity index (χ0) is 15.0. The second-order valence-electron chi connectivity index (χ2n) is 5.34. The zero-order valence-corrected chi connectivity index (χ0v) is 12.4. The van der Waals surface area contributed by atoms with Gasteiger partial charge in [0.15, 0.2) is 11.6 Å². The maximum atomic E-state index is 13.8. The lowest BCUT2D eigenvalue weighted by Crippen LogP contribution is -2.24. The van der Waals surface area contributed by atoms with Gasteiger partial charge in [0, 0.05) is 0 Å². The Morgan fingerprint density at radius 3 is 2.76 bits per heavy atom. The predicted molar refractivity (Wildman–Crippen MR) is 80.7 cm³/mol. The number of ether oxygens (including phenoxy) is 2. The van der Waals surface area contributed by atoms with E-state index >= 15 is 0 Å². The number of fused-ring (bicyclic) bond motifs is 1. The van der Waals surface area contributed by atoms with Crippen LogP contribution in [0, 0.1) is 19.7 Å². The molecule has 3 nitrogen and oxygen atoms in total. The van der Waals surface area contributed by atoms with Crippen molar-refractivity contribution in [3.63, 3.8) is 0 Å². The van der Waals surface area contributed by atoms with Gasteiger partial charge in [-0.3, -0.25) is 0 Å². The molecular formula is C17H18FNO2. The third-order valence-corrected chi connectivity index (χ3v) is 3.70. The molecule has 2 aromatic rings. The quantitative estimate of drug-likeness (QED) is 0.905. The molecule has 0 radical (unpaired) electrons. The topological polar surface area (TPSA) is 30.5 Å². The largest absolute Gasteiger partial charge is 0.494 e. The Morgan fingerprint density at radius 1 is 1.24 bits per heavy atom. The average Bonchev–Trinajstić information content (AvgIpc) is 2.46. The van der Waals surface area contributed by atoms with Crippen molar-refractivity contribution in [2.45, 2.75) is 20.0 Å². The van der Waals surface area contributed by atoms with Crippen molar-refractivity contribution in [1.82, 2.24) is 0 Å². The van der Waals surface area contributed by atoms with Gasteiger partial charge >= 0.3 is 0 Å². The number of halogens is 1. The van der Waals surface area contributed by atoms with Gasteiger partial charge in [-0.05, 0) is 48.7 Å². The van der Waals surface area contributed by atoms with Gasteiger partial charge in [0.1, 0.15) is 11.9 Å². The fourth-order valence-electron chi connectivity index (χ4n) is 2.70. The molecule has 0 bridgehead atoms. The summed E-state index contributed by atoms with van der Waals surface area (Å²) in [5.41, 5.74) is 4.07. The van der Waals surface area contributed by atoms with Crippen LogP contribution in [0.3, 0.4) is 0 Å². The molecule has 0 aromatic heterocycles. The maximum absolute atomic E-state index is 13.8. The molecule has 0 saturated heterocycles. The molecule has 21 heavy (non-hydrogen) atoms. The summed E-state index contributed by atoms with van der Waals surface area (Å²) in [4.78, 5) is 0. The number of hydrogen-bond acceptors (Lipinski definition) is 3. The first-order valence-corrected chi connectivity index (χ1v) is 6.93. The molecule has 4 heteroatoms. The molecule has 1 atom stereocenters. The van der Waals surface area contributed by atoms with Crippen LogP contribution >= 0.6 is 0 Å². The molecule has 1 N–H and O–H groups in total. The van der Waals surface area contributed by atoms with E-state index in [1.165, 1.54) is 18.7 Å². The van der Waals surface area contributed by atoms with Crippen molar-refractivity contribution in [2.75, 3.05) is 19.0 Å². The Kier molecular flexibility index (Phi) is 3.45. The van der Waals surface area contributed by atoms with Crippen molar-refractivity contribution in [2.24, 2.45) is 0 Å². The van der Waals surface area contributed by atoms with E-state index in [9.17, 15) is 4.39 Å². The SMILES string of the molecule is COc1ccc(C2CNc3cc(C)cc(C)c3O2)cc1F. The third kappa shape index (κ3) is 2.53. The molecule has 1 unspecified atom stereocenters. The monoisotopic (exact) mass is 287 g/mol. The van der Waals surface area contributed by atoms with Crippen LogP contribution in [0.5, 0.6) is 11.5 Å². The Hall–Kier alpha value is -2.23. The van der Waals surface area contributed by atoms with E-state index < -0.39 is 0 Å². The fourth-order valence-corrected chi connectivity index (χ4v) is 2.70. The normalized spacial score (nSPS) is 16.7. The summed E-state index contributed by atoms with van der Waals surface area (Å²) in [6, 6.07) is 9.08. The Balaban J connectivity index is 1.91. The van der Waals surface area contributed by atoms with Crippen LogP contribution in [0.25, 0.3) is 0 Å². The molecule has 1 aliphatic rings. The summed E-state index contributed by atoms with van der Waals surface area (Å²) < 4.78 is 24.8. The Morgan fingerprint density at radius 2 is 2.05 bits per heavy atom. The van der Waals surface area contributed by atoms with Crippen LogP contribution in [0.4, 0.5) is 10.1 Å². The molecule has 110 valence electrons. The summed E-state index contributed by atoms with van der Waals surface area (Å²) in [5.74, 6) is 0.716. The molecule has 3 rings (SSSR count). The lowest BCUT2D eigenvalue weighted by atomic mass is 10.0. The first-order valence-electron chi connectivity index (χ1n) is 6.93. The molecule has 0 saturated carbocycles. The predicted octanol–water partition coefficient (Wildman–Crippen LogP) is 4.00. The van der Waals surface area contributed by atoms with Crippen molar-refractivity contribution in [1.29, 1.82) is 0 Å². The van der Waals surface area contributed by atoms with Crippen LogP contribution in [-0.2, 0) is 0 Å². The highest BCUT2D eigenvalue weighted by molar-refractivity contribution is 5.63. The Bertz CT molecular complexity index is 685. The van der Waals surface area contributed by atoms with Gasteiger partial charge in [-0.15, -0.1) is 0 Å². The zero-order valence-electron chi connectivity index (χ0n) is 12.4. The number of anilines is 1. The second kappa shape index (κ2) is 5.28. The molecule has 0 fully saturated rings. The summed E-state index contributed by atoms with van der Waals surface area (Å²) in [6.45, 7) is 4.69. The summed E-state index contributed by atoms with van der Waals surface area (Å²) in [7, 11) is 1.46.